The highest BCUT2D eigenvalue weighted by molar-refractivity contribution is 7.89. The van der Waals surface area contributed by atoms with Crippen molar-refractivity contribution in [1.82, 2.24) is 9.62 Å². The highest BCUT2D eigenvalue weighted by Gasteiger charge is 2.30. The minimum Gasteiger partial charge on any atom is -0.316 e. The minimum atomic E-state index is -3.36. The molecule has 1 aromatic rings. The Kier molecular flexibility index (Phi) is 4.28. The summed E-state index contributed by atoms with van der Waals surface area (Å²) in [6.45, 7) is 3.20. The monoisotopic (exact) mass is 282 g/mol. The summed E-state index contributed by atoms with van der Waals surface area (Å²) in [5.41, 5.74) is 1.88. The average molecular weight is 282 g/mol. The van der Waals surface area contributed by atoms with Gasteiger partial charge in [-0.25, -0.2) is 12.7 Å². The molecule has 0 aliphatic heterocycles. The summed E-state index contributed by atoms with van der Waals surface area (Å²) in [6, 6.07) is 5.48. The molecule has 0 aromatic heterocycles. The summed E-state index contributed by atoms with van der Waals surface area (Å²) < 4.78 is 26.7. The van der Waals surface area contributed by atoms with E-state index in [-0.39, 0.29) is 0 Å². The fraction of sp³-hybridized carbons (Fsp3) is 0.571. The van der Waals surface area contributed by atoms with E-state index in [1.807, 2.05) is 26.1 Å². The average Bonchev–Trinajstić information content (AvgIpc) is 3.15. The van der Waals surface area contributed by atoms with Crippen molar-refractivity contribution in [2.75, 3.05) is 20.6 Å². The van der Waals surface area contributed by atoms with Gasteiger partial charge in [-0.05, 0) is 49.9 Å². The predicted molar refractivity (Wildman–Crippen MR) is 76.5 cm³/mol. The standard InChI is InChI=1S/C14H22N2O2S/c1-11-13(9-15-2)5-4-6-14(11)19(17,18)16(3)10-12-7-8-12/h4-6,12,15H,7-10H2,1-3H3. The van der Waals surface area contributed by atoms with Crippen molar-refractivity contribution in [2.45, 2.75) is 31.2 Å². The fourth-order valence-electron chi connectivity index (χ4n) is 2.25. The molecular formula is C14H22N2O2S. The van der Waals surface area contributed by atoms with E-state index < -0.39 is 10.0 Å². The molecule has 0 saturated heterocycles. The van der Waals surface area contributed by atoms with Crippen molar-refractivity contribution in [1.29, 1.82) is 0 Å². The molecule has 1 aliphatic carbocycles. The fourth-order valence-corrected chi connectivity index (χ4v) is 3.76. The van der Waals surface area contributed by atoms with Crippen LogP contribution in [-0.2, 0) is 16.6 Å². The van der Waals surface area contributed by atoms with Gasteiger partial charge in [0.2, 0.25) is 10.0 Å². The normalized spacial score (nSPS) is 16.0. The number of rotatable bonds is 6. The van der Waals surface area contributed by atoms with E-state index in [9.17, 15) is 8.42 Å². The maximum atomic E-state index is 12.6. The molecule has 1 aliphatic rings. The summed E-state index contributed by atoms with van der Waals surface area (Å²) in [5, 5.41) is 3.07. The van der Waals surface area contributed by atoms with Crippen LogP contribution in [-0.4, -0.2) is 33.4 Å². The van der Waals surface area contributed by atoms with E-state index in [0.29, 0.717) is 23.9 Å². The van der Waals surface area contributed by atoms with Crippen LogP contribution in [0.5, 0.6) is 0 Å². The lowest BCUT2D eigenvalue weighted by Crippen LogP contribution is -2.29. The Bertz CT molecular complexity index is 551. The molecule has 19 heavy (non-hydrogen) atoms. The van der Waals surface area contributed by atoms with Crippen LogP contribution in [0.2, 0.25) is 0 Å². The van der Waals surface area contributed by atoms with Crippen LogP contribution in [0.3, 0.4) is 0 Å². The van der Waals surface area contributed by atoms with Gasteiger partial charge in [0.15, 0.2) is 0 Å². The molecule has 1 fully saturated rings. The number of hydrogen-bond donors (Lipinski definition) is 1. The van der Waals surface area contributed by atoms with E-state index in [4.69, 9.17) is 0 Å². The lowest BCUT2D eigenvalue weighted by atomic mass is 10.1. The quantitative estimate of drug-likeness (QED) is 0.864. The van der Waals surface area contributed by atoms with E-state index in [0.717, 1.165) is 24.0 Å². The maximum absolute atomic E-state index is 12.6. The zero-order valence-electron chi connectivity index (χ0n) is 11.8. The Morgan fingerprint density at radius 3 is 2.63 bits per heavy atom. The highest BCUT2D eigenvalue weighted by atomic mass is 32.2. The summed E-state index contributed by atoms with van der Waals surface area (Å²) >= 11 is 0. The largest absolute Gasteiger partial charge is 0.316 e. The van der Waals surface area contributed by atoms with E-state index in [2.05, 4.69) is 5.32 Å². The zero-order chi connectivity index (χ0) is 14.0. The third kappa shape index (κ3) is 3.16. The third-order valence-electron chi connectivity index (χ3n) is 3.66. The summed E-state index contributed by atoms with van der Waals surface area (Å²) in [5.74, 6) is 0.556. The van der Waals surface area contributed by atoms with Gasteiger partial charge in [-0.3, -0.25) is 0 Å². The molecule has 0 atom stereocenters. The number of sulfonamides is 1. The van der Waals surface area contributed by atoms with Crippen molar-refractivity contribution >= 4 is 10.0 Å². The Morgan fingerprint density at radius 2 is 2.05 bits per heavy atom. The van der Waals surface area contributed by atoms with Gasteiger partial charge in [0.1, 0.15) is 0 Å². The lowest BCUT2D eigenvalue weighted by molar-refractivity contribution is 0.452. The molecule has 1 aromatic carbocycles. The van der Waals surface area contributed by atoms with Crippen LogP contribution in [0.25, 0.3) is 0 Å². The van der Waals surface area contributed by atoms with Crippen molar-refractivity contribution in [3.63, 3.8) is 0 Å². The second-order valence-electron chi connectivity index (χ2n) is 5.30. The highest BCUT2D eigenvalue weighted by Crippen LogP contribution is 2.31. The molecule has 0 amide bonds. The minimum absolute atomic E-state index is 0.434. The van der Waals surface area contributed by atoms with Gasteiger partial charge >= 0.3 is 0 Å². The first kappa shape index (κ1) is 14.5. The van der Waals surface area contributed by atoms with Crippen LogP contribution in [0.1, 0.15) is 24.0 Å². The molecule has 5 heteroatoms. The second kappa shape index (κ2) is 5.61. The third-order valence-corrected chi connectivity index (χ3v) is 5.63. The Balaban J connectivity index is 2.30. The van der Waals surface area contributed by atoms with Gasteiger partial charge in [0.25, 0.3) is 0 Å². The Labute approximate surface area is 115 Å². The molecule has 1 saturated carbocycles. The molecule has 2 rings (SSSR count). The van der Waals surface area contributed by atoms with Crippen LogP contribution in [0, 0.1) is 12.8 Å². The van der Waals surface area contributed by atoms with Gasteiger partial charge in [-0.2, -0.15) is 0 Å². The van der Waals surface area contributed by atoms with Gasteiger partial charge in [0, 0.05) is 20.1 Å². The first-order chi connectivity index (χ1) is 8.96. The SMILES string of the molecule is CNCc1cccc(S(=O)(=O)N(C)CC2CC2)c1C. The van der Waals surface area contributed by atoms with Gasteiger partial charge in [0.05, 0.1) is 4.90 Å². The summed E-state index contributed by atoms with van der Waals surface area (Å²) in [4.78, 5) is 0.434. The molecule has 0 bridgehead atoms. The van der Waals surface area contributed by atoms with Crippen LogP contribution in [0.15, 0.2) is 23.1 Å². The van der Waals surface area contributed by atoms with Crippen molar-refractivity contribution < 1.29 is 8.42 Å². The number of hydrogen-bond acceptors (Lipinski definition) is 3. The van der Waals surface area contributed by atoms with Gasteiger partial charge < -0.3 is 5.32 Å². The van der Waals surface area contributed by atoms with Crippen LogP contribution < -0.4 is 5.32 Å². The zero-order valence-corrected chi connectivity index (χ0v) is 12.6. The van der Waals surface area contributed by atoms with Crippen LogP contribution >= 0.6 is 0 Å². The molecule has 4 nitrogen and oxygen atoms in total. The maximum Gasteiger partial charge on any atom is 0.243 e. The molecule has 0 radical (unpaired) electrons. The van der Waals surface area contributed by atoms with Gasteiger partial charge in [-0.1, -0.05) is 12.1 Å². The Morgan fingerprint density at radius 1 is 1.37 bits per heavy atom. The van der Waals surface area contributed by atoms with E-state index >= 15 is 0 Å². The van der Waals surface area contributed by atoms with Crippen LogP contribution in [0.4, 0.5) is 0 Å². The Hall–Kier alpha value is -0.910. The first-order valence-corrected chi connectivity index (χ1v) is 8.10. The van der Waals surface area contributed by atoms with E-state index in [1.54, 1.807) is 13.1 Å². The molecule has 1 N–H and O–H groups in total. The lowest BCUT2D eigenvalue weighted by Gasteiger charge is -2.19. The van der Waals surface area contributed by atoms with Crippen molar-refractivity contribution in [2.24, 2.45) is 5.92 Å². The molecule has 0 spiro atoms. The number of nitrogens with zero attached hydrogens (tertiary/aromatic N) is 1. The van der Waals surface area contributed by atoms with E-state index in [1.165, 1.54) is 4.31 Å². The summed E-state index contributed by atoms with van der Waals surface area (Å²) in [6.07, 6.45) is 2.30. The molecule has 0 unspecified atom stereocenters. The first-order valence-electron chi connectivity index (χ1n) is 6.66. The second-order valence-corrected chi connectivity index (χ2v) is 7.31. The summed E-state index contributed by atoms with van der Waals surface area (Å²) in [7, 11) is 0.179. The number of nitrogens with one attached hydrogen (secondary N) is 1. The molecule has 106 valence electrons. The van der Waals surface area contributed by atoms with Crippen molar-refractivity contribution in [3.8, 4) is 0 Å². The topological polar surface area (TPSA) is 49.4 Å². The van der Waals surface area contributed by atoms with Gasteiger partial charge in [-0.15, -0.1) is 0 Å². The molecular weight excluding hydrogens is 260 g/mol. The predicted octanol–water partition coefficient (Wildman–Crippen LogP) is 1.74. The smallest absolute Gasteiger partial charge is 0.243 e. The number of benzene rings is 1. The van der Waals surface area contributed by atoms with Crippen molar-refractivity contribution in [3.05, 3.63) is 29.3 Å². The molecule has 0 heterocycles.